The van der Waals surface area contributed by atoms with Gasteiger partial charge in [0.2, 0.25) is 0 Å². The van der Waals surface area contributed by atoms with Gasteiger partial charge in [0.25, 0.3) is 0 Å². The Kier molecular flexibility index (Phi) is 4.42. The molecule has 0 bridgehead atoms. The summed E-state index contributed by atoms with van der Waals surface area (Å²) in [5.41, 5.74) is 2.35. The van der Waals surface area contributed by atoms with Gasteiger partial charge in [-0.15, -0.1) is 0 Å². The third kappa shape index (κ3) is 3.07. The van der Waals surface area contributed by atoms with Crippen molar-refractivity contribution in [3.63, 3.8) is 0 Å². The topological polar surface area (TPSA) is 26.3 Å². The van der Waals surface area contributed by atoms with Gasteiger partial charge >= 0.3 is 0 Å². The lowest BCUT2D eigenvalue weighted by atomic mass is 10.0. The van der Waals surface area contributed by atoms with Gasteiger partial charge in [0.05, 0.1) is 11.6 Å². The van der Waals surface area contributed by atoms with Gasteiger partial charge in [-0.3, -0.25) is 4.79 Å². The highest BCUT2D eigenvalue weighted by molar-refractivity contribution is 9.10. The normalized spacial score (nSPS) is 10.3. The molecule has 0 aliphatic heterocycles. The molecule has 0 N–H and O–H groups in total. The van der Waals surface area contributed by atoms with E-state index in [0.29, 0.717) is 16.9 Å². The average Bonchev–Trinajstić information content (AvgIpc) is 2.41. The molecular formula is C15H12Br2O2. The summed E-state index contributed by atoms with van der Waals surface area (Å²) in [6, 6.07) is 10.9. The lowest BCUT2D eigenvalue weighted by Crippen LogP contribution is -2.02. The number of halogens is 2. The van der Waals surface area contributed by atoms with Crippen LogP contribution in [-0.4, -0.2) is 12.9 Å². The predicted molar refractivity (Wildman–Crippen MR) is 83.0 cm³/mol. The second kappa shape index (κ2) is 5.88. The van der Waals surface area contributed by atoms with Crippen LogP contribution in [0.4, 0.5) is 0 Å². The van der Waals surface area contributed by atoms with Crippen molar-refractivity contribution in [2.45, 2.75) is 6.92 Å². The van der Waals surface area contributed by atoms with Gasteiger partial charge in [-0.1, -0.05) is 15.9 Å². The Labute approximate surface area is 129 Å². The highest BCUT2D eigenvalue weighted by atomic mass is 79.9. The first kappa shape index (κ1) is 14.3. The first-order valence-electron chi connectivity index (χ1n) is 5.67. The molecule has 0 aliphatic rings. The van der Waals surface area contributed by atoms with Crippen molar-refractivity contribution in [3.8, 4) is 5.75 Å². The van der Waals surface area contributed by atoms with E-state index < -0.39 is 0 Å². The molecule has 0 saturated heterocycles. The molecule has 0 heterocycles. The summed E-state index contributed by atoms with van der Waals surface area (Å²) in [4.78, 5) is 12.4. The number of aryl methyl sites for hydroxylation is 1. The maximum atomic E-state index is 12.4. The molecule has 4 heteroatoms. The van der Waals surface area contributed by atoms with Crippen LogP contribution < -0.4 is 4.74 Å². The van der Waals surface area contributed by atoms with Crippen LogP contribution in [0.1, 0.15) is 21.5 Å². The minimum atomic E-state index is -0.000969. The summed E-state index contributed by atoms with van der Waals surface area (Å²) in [5, 5.41) is 0. The summed E-state index contributed by atoms with van der Waals surface area (Å²) in [6.45, 7) is 1.96. The Morgan fingerprint density at radius 2 is 1.63 bits per heavy atom. The van der Waals surface area contributed by atoms with Gasteiger partial charge in [-0.2, -0.15) is 0 Å². The smallest absolute Gasteiger partial charge is 0.193 e. The van der Waals surface area contributed by atoms with Crippen molar-refractivity contribution in [1.29, 1.82) is 0 Å². The van der Waals surface area contributed by atoms with E-state index >= 15 is 0 Å². The zero-order valence-corrected chi connectivity index (χ0v) is 13.7. The van der Waals surface area contributed by atoms with Crippen molar-refractivity contribution in [2.24, 2.45) is 0 Å². The second-order valence-electron chi connectivity index (χ2n) is 4.14. The average molecular weight is 384 g/mol. The summed E-state index contributed by atoms with van der Waals surface area (Å²) in [5.74, 6) is 0.711. The van der Waals surface area contributed by atoms with Crippen molar-refractivity contribution in [1.82, 2.24) is 0 Å². The number of methoxy groups -OCH3 is 1. The summed E-state index contributed by atoms with van der Waals surface area (Å²) in [6.07, 6.45) is 0. The van der Waals surface area contributed by atoms with E-state index in [1.54, 1.807) is 25.3 Å². The maximum Gasteiger partial charge on any atom is 0.193 e. The maximum absolute atomic E-state index is 12.4. The van der Waals surface area contributed by atoms with E-state index in [-0.39, 0.29) is 5.78 Å². The molecule has 0 aliphatic carbocycles. The van der Waals surface area contributed by atoms with Crippen LogP contribution in [-0.2, 0) is 0 Å². The van der Waals surface area contributed by atoms with E-state index in [1.165, 1.54) is 0 Å². The number of carbonyl (C=O) groups excluding carboxylic acids is 1. The van der Waals surface area contributed by atoms with Gasteiger partial charge in [0, 0.05) is 15.6 Å². The molecule has 0 atom stereocenters. The molecule has 0 radical (unpaired) electrons. The standard InChI is InChI=1S/C15H12Br2O2/c1-9-7-10(3-5-12(9)16)15(18)11-4-6-14(19-2)13(17)8-11/h3-8H,1-2H3. The van der Waals surface area contributed by atoms with Crippen LogP contribution in [0, 0.1) is 6.92 Å². The molecule has 0 aromatic heterocycles. The molecule has 0 unspecified atom stereocenters. The second-order valence-corrected chi connectivity index (χ2v) is 5.85. The Bertz CT molecular complexity index is 636. The molecule has 0 saturated carbocycles. The van der Waals surface area contributed by atoms with E-state index in [0.717, 1.165) is 14.5 Å². The molecule has 0 fully saturated rings. The van der Waals surface area contributed by atoms with Crippen LogP contribution in [0.3, 0.4) is 0 Å². The quantitative estimate of drug-likeness (QED) is 0.714. The van der Waals surface area contributed by atoms with E-state index in [9.17, 15) is 4.79 Å². The molecule has 0 spiro atoms. The van der Waals surface area contributed by atoms with Gasteiger partial charge in [-0.05, 0) is 64.8 Å². The van der Waals surface area contributed by atoms with Gasteiger partial charge in [0.1, 0.15) is 5.75 Å². The zero-order valence-electron chi connectivity index (χ0n) is 10.5. The molecule has 98 valence electrons. The monoisotopic (exact) mass is 382 g/mol. The highest BCUT2D eigenvalue weighted by Gasteiger charge is 2.12. The number of hydrogen-bond donors (Lipinski definition) is 0. The SMILES string of the molecule is COc1ccc(C(=O)c2ccc(Br)c(C)c2)cc1Br. The third-order valence-corrected chi connectivity index (χ3v) is 4.34. The fraction of sp³-hybridized carbons (Fsp3) is 0.133. The first-order chi connectivity index (χ1) is 9.02. The Balaban J connectivity index is 2.38. The fourth-order valence-corrected chi connectivity index (χ4v) is 2.55. The number of rotatable bonds is 3. The van der Waals surface area contributed by atoms with Crippen LogP contribution in [0.5, 0.6) is 5.75 Å². The molecule has 2 aromatic carbocycles. The number of ether oxygens (including phenoxy) is 1. The Hall–Kier alpha value is -1.13. The molecular weight excluding hydrogens is 372 g/mol. The van der Waals surface area contributed by atoms with E-state index in [1.807, 2.05) is 25.1 Å². The summed E-state index contributed by atoms with van der Waals surface area (Å²) in [7, 11) is 1.60. The zero-order chi connectivity index (χ0) is 14.0. The van der Waals surface area contributed by atoms with Gasteiger partial charge in [0.15, 0.2) is 5.78 Å². The van der Waals surface area contributed by atoms with E-state index in [4.69, 9.17) is 4.74 Å². The Morgan fingerprint density at radius 1 is 1.00 bits per heavy atom. The minimum Gasteiger partial charge on any atom is -0.496 e. The van der Waals surface area contributed by atoms with Crippen LogP contribution in [0.2, 0.25) is 0 Å². The van der Waals surface area contributed by atoms with Gasteiger partial charge < -0.3 is 4.74 Å². The molecule has 2 rings (SSSR count). The molecule has 0 amide bonds. The first-order valence-corrected chi connectivity index (χ1v) is 7.26. The Morgan fingerprint density at radius 3 is 2.21 bits per heavy atom. The fourth-order valence-electron chi connectivity index (χ4n) is 1.76. The van der Waals surface area contributed by atoms with Crippen molar-refractivity contribution in [3.05, 3.63) is 62.0 Å². The summed E-state index contributed by atoms with van der Waals surface area (Å²) >= 11 is 6.82. The molecule has 2 nitrogen and oxygen atoms in total. The largest absolute Gasteiger partial charge is 0.496 e. The van der Waals surface area contributed by atoms with Crippen LogP contribution >= 0.6 is 31.9 Å². The lowest BCUT2D eigenvalue weighted by molar-refractivity contribution is 0.103. The van der Waals surface area contributed by atoms with Crippen molar-refractivity contribution >= 4 is 37.6 Å². The number of hydrogen-bond acceptors (Lipinski definition) is 2. The highest BCUT2D eigenvalue weighted by Crippen LogP contribution is 2.27. The predicted octanol–water partition coefficient (Wildman–Crippen LogP) is 4.76. The number of carbonyl (C=O) groups is 1. The molecule has 2 aromatic rings. The van der Waals surface area contributed by atoms with Gasteiger partial charge in [-0.25, -0.2) is 0 Å². The van der Waals surface area contributed by atoms with Crippen molar-refractivity contribution < 1.29 is 9.53 Å². The summed E-state index contributed by atoms with van der Waals surface area (Å²) < 4.78 is 6.93. The molecule has 19 heavy (non-hydrogen) atoms. The minimum absolute atomic E-state index is 0.000969. The van der Waals surface area contributed by atoms with E-state index in [2.05, 4.69) is 31.9 Å². The van der Waals surface area contributed by atoms with Crippen LogP contribution in [0.15, 0.2) is 45.3 Å². The lowest BCUT2D eigenvalue weighted by Gasteiger charge is -2.07. The number of ketones is 1. The van der Waals surface area contributed by atoms with Crippen molar-refractivity contribution in [2.75, 3.05) is 7.11 Å². The third-order valence-electron chi connectivity index (χ3n) is 2.83. The number of benzene rings is 2. The van der Waals surface area contributed by atoms with Crippen LogP contribution in [0.25, 0.3) is 0 Å².